The molecule has 1 atom stereocenters. The number of carbonyl (C=O) groups is 1. The van der Waals surface area contributed by atoms with Gasteiger partial charge in [-0.05, 0) is 37.8 Å². The summed E-state index contributed by atoms with van der Waals surface area (Å²) < 4.78 is 33.1. The number of aromatic nitrogens is 3. The van der Waals surface area contributed by atoms with Crippen LogP contribution in [-0.2, 0) is 14.8 Å². The molecule has 3 N–H and O–H groups in total. The van der Waals surface area contributed by atoms with Gasteiger partial charge in [-0.1, -0.05) is 11.6 Å². The van der Waals surface area contributed by atoms with Crippen molar-refractivity contribution in [3.8, 4) is 0 Å². The van der Waals surface area contributed by atoms with Crippen LogP contribution in [0.1, 0.15) is 32.1 Å². The van der Waals surface area contributed by atoms with Crippen molar-refractivity contribution in [3.05, 3.63) is 46.1 Å². The zero-order valence-electron chi connectivity index (χ0n) is 17.7. The van der Waals surface area contributed by atoms with Gasteiger partial charge in [-0.15, -0.1) is 0 Å². The van der Waals surface area contributed by atoms with Crippen LogP contribution in [0, 0.1) is 0 Å². The molecule has 2 fully saturated rings. The summed E-state index contributed by atoms with van der Waals surface area (Å²) in [6.07, 6.45) is 6.58. The van der Waals surface area contributed by atoms with Crippen LogP contribution in [0.4, 0.5) is 10.5 Å². The van der Waals surface area contributed by atoms with Crippen molar-refractivity contribution in [2.24, 2.45) is 0 Å². The second-order valence-corrected chi connectivity index (χ2v) is 10.3. The number of carbonyl (C=O) groups excluding carboxylic acids is 1. The van der Waals surface area contributed by atoms with Crippen molar-refractivity contribution in [2.45, 2.75) is 55.2 Å². The first-order chi connectivity index (χ1) is 15.8. The normalized spacial score (nSPS) is 23.3. The fourth-order valence-corrected chi connectivity index (χ4v) is 5.62. The Morgan fingerprint density at radius 3 is 2.67 bits per heavy atom. The zero-order valence-corrected chi connectivity index (χ0v) is 19.3. The number of rotatable bonds is 6. The Labute approximate surface area is 195 Å². The number of amides is 1. The fourth-order valence-electron chi connectivity index (χ4n) is 4.14. The zero-order chi connectivity index (χ0) is 23.4. The molecule has 2 aromatic rings. The first-order valence-corrected chi connectivity index (χ1v) is 12.6. The molecule has 33 heavy (non-hydrogen) atoms. The largest absolute Gasteiger partial charge is 0.444 e. The first-order valence-electron chi connectivity index (χ1n) is 10.7. The van der Waals surface area contributed by atoms with E-state index in [9.17, 15) is 18.0 Å². The molecule has 13 heteroatoms. The van der Waals surface area contributed by atoms with Crippen molar-refractivity contribution in [2.75, 3.05) is 18.0 Å². The smallest absolute Gasteiger partial charge is 0.407 e. The number of halogens is 1. The average Bonchev–Trinajstić information content (AvgIpc) is 3.25. The van der Waals surface area contributed by atoms with Crippen LogP contribution in [0.3, 0.4) is 0 Å². The van der Waals surface area contributed by atoms with Crippen LogP contribution in [0.25, 0.3) is 0 Å². The predicted molar refractivity (Wildman–Crippen MR) is 121 cm³/mol. The summed E-state index contributed by atoms with van der Waals surface area (Å²) in [4.78, 5) is 29.9. The molecule has 1 amide bonds. The van der Waals surface area contributed by atoms with Gasteiger partial charge in [0.05, 0.1) is 18.4 Å². The van der Waals surface area contributed by atoms with Gasteiger partial charge >= 0.3 is 6.09 Å². The SMILES string of the molecule is O=C(N[C@H]1CC[C@H](NS(=O)(=O)c2cccnc2)CC1)O[C@@H]1CCN(c2cn[nH]c(=O)c2Cl)C1. The molecule has 3 heterocycles. The van der Waals surface area contributed by atoms with E-state index in [1.54, 1.807) is 6.07 Å². The van der Waals surface area contributed by atoms with Crippen molar-refractivity contribution in [3.63, 3.8) is 0 Å². The number of hydrogen-bond donors (Lipinski definition) is 3. The van der Waals surface area contributed by atoms with Crippen molar-refractivity contribution < 1.29 is 17.9 Å². The Morgan fingerprint density at radius 2 is 1.94 bits per heavy atom. The molecular formula is C20H25ClN6O5S. The Morgan fingerprint density at radius 1 is 1.18 bits per heavy atom. The minimum absolute atomic E-state index is 0.0611. The molecule has 178 valence electrons. The van der Waals surface area contributed by atoms with Gasteiger partial charge in [0.15, 0.2) is 0 Å². The summed E-state index contributed by atoms with van der Waals surface area (Å²) in [5, 5.41) is 8.98. The number of alkyl carbamates (subject to hydrolysis) is 1. The molecule has 0 bridgehead atoms. The van der Waals surface area contributed by atoms with Gasteiger partial charge in [0.2, 0.25) is 10.0 Å². The van der Waals surface area contributed by atoms with Crippen molar-refractivity contribution >= 4 is 33.4 Å². The summed E-state index contributed by atoms with van der Waals surface area (Å²) in [5.41, 5.74) is 0.0496. The summed E-state index contributed by atoms with van der Waals surface area (Å²) in [5.74, 6) is 0. The van der Waals surface area contributed by atoms with E-state index in [1.165, 1.54) is 24.7 Å². The number of nitrogens with one attached hydrogen (secondary N) is 3. The molecule has 4 rings (SSSR count). The number of aromatic amines is 1. The lowest BCUT2D eigenvalue weighted by Gasteiger charge is -2.29. The highest BCUT2D eigenvalue weighted by Gasteiger charge is 2.30. The maximum atomic E-state index is 12.4. The van der Waals surface area contributed by atoms with Crippen molar-refractivity contribution in [1.29, 1.82) is 0 Å². The predicted octanol–water partition coefficient (Wildman–Crippen LogP) is 1.41. The van der Waals surface area contributed by atoms with Crippen LogP contribution < -0.4 is 20.5 Å². The van der Waals surface area contributed by atoms with Crippen LogP contribution >= 0.6 is 11.6 Å². The maximum Gasteiger partial charge on any atom is 0.407 e. The fraction of sp³-hybridized carbons (Fsp3) is 0.500. The molecule has 0 spiro atoms. The van der Waals surface area contributed by atoms with E-state index in [4.69, 9.17) is 16.3 Å². The summed E-state index contributed by atoms with van der Waals surface area (Å²) in [7, 11) is -3.61. The minimum atomic E-state index is -3.61. The molecule has 0 unspecified atom stereocenters. The molecule has 1 saturated carbocycles. The maximum absolute atomic E-state index is 12.4. The molecular weight excluding hydrogens is 472 g/mol. The summed E-state index contributed by atoms with van der Waals surface area (Å²) >= 11 is 6.05. The molecule has 11 nitrogen and oxygen atoms in total. The van der Waals surface area contributed by atoms with Crippen LogP contribution in [0.15, 0.2) is 40.4 Å². The lowest BCUT2D eigenvalue weighted by atomic mass is 9.92. The number of sulfonamides is 1. The van der Waals surface area contributed by atoms with E-state index in [2.05, 4.69) is 25.2 Å². The first kappa shape index (κ1) is 23.5. The van der Waals surface area contributed by atoms with Gasteiger partial charge in [0.25, 0.3) is 5.56 Å². The van der Waals surface area contributed by atoms with Gasteiger partial charge < -0.3 is 15.0 Å². The van der Waals surface area contributed by atoms with E-state index in [0.717, 1.165) is 0 Å². The topological polar surface area (TPSA) is 146 Å². The van der Waals surface area contributed by atoms with E-state index < -0.39 is 21.7 Å². The second kappa shape index (κ2) is 10.1. The second-order valence-electron chi connectivity index (χ2n) is 8.16. The monoisotopic (exact) mass is 496 g/mol. The number of ether oxygens (including phenoxy) is 1. The summed E-state index contributed by atoms with van der Waals surface area (Å²) in [6, 6.07) is 2.80. The van der Waals surface area contributed by atoms with Gasteiger partial charge in [-0.25, -0.2) is 23.0 Å². The Balaban J connectivity index is 1.21. The lowest BCUT2D eigenvalue weighted by molar-refractivity contribution is 0.102. The molecule has 1 aliphatic heterocycles. The molecule has 1 aliphatic carbocycles. The molecule has 0 radical (unpaired) electrons. The Bertz CT molecular complexity index is 1140. The Kier molecular flexibility index (Phi) is 7.15. The van der Waals surface area contributed by atoms with Gasteiger partial charge in [-0.3, -0.25) is 9.78 Å². The highest BCUT2D eigenvalue weighted by atomic mass is 35.5. The number of pyridine rings is 1. The third-order valence-electron chi connectivity index (χ3n) is 5.85. The van der Waals surface area contributed by atoms with Crippen molar-refractivity contribution in [1.82, 2.24) is 25.2 Å². The van der Waals surface area contributed by atoms with Gasteiger partial charge in [0, 0.05) is 37.4 Å². The number of hydrogen-bond acceptors (Lipinski definition) is 8. The Hall–Kier alpha value is -2.70. The van der Waals surface area contributed by atoms with E-state index in [0.29, 0.717) is 50.9 Å². The molecule has 1 saturated heterocycles. The van der Waals surface area contributed by atoms with Gasteiger partial charge in [-0.2, -0.15) is 5.10 Å². The summed E-state index contributed by atoms with van der Waals surface area (Å²) in [6.45, 7) is 1.01. The molecule has 2 aliphatic rings. The molecule has 0 aromatic carbocycles. The van der Waals surface area contributed by atoms with Crippen LogP contribution in [0.5, 0.6) is 0 Å². The number of anilines is 1. The highest BCUT2D eigenvalue weighted by Crippen LogP contribution is 2.26. The minimum Gasteiger partial charge on any atom is -0.444 e. The van der Waals surface area contributed by atoms with E-state index >= 15 is 0 Å². The van der Waals surface area contributed by atoms with E-state index in [1.807, 2.05) is 4.90 Å². The molecule has 2 aromatic heterocycles. The quantitative estimate of drug-likeness (QED) is 0.544. The number of H-pyrrole nitrogens is 1. The highest BCUT2D eigenvalue weighted by molar-refractivity contribution is 7.89. The average molecular weight is 497 g/mol. The lowest BCUT2D eigenvalue weighted by Crippen LogP contribution is -2.44. The number of nitrogens with zero attached hydrogens (tertiary/aromatic N) is 3. The third-order valence-corrected chi connectivity index (χ3v) is 7.72. The van der Waals surface area contributed by atoms with Gasteiger partial charge in [0.1, 0.15) is 16.0 Å². The van der Waals surface area contributed by atoms with Crippen LogP contribution in [-0.4, -0.2) is 61.0 Å². The van der Waals surface area contributed by atoms with Crippen LogP contribution in [0.2, 0.25) is 5.02 Å². The standard InChI is InChI=1S/C20H25ClN6O5S/c21-18-17(11-23-25-19(18)28)27-9-7-15(12-27)32-20(29)24-13-3-5-14(6-4-13)26-33(30,31)16-2-1-8-22-10-16/h1-2,8,10-11,13-15,26H,3-7,9,12H2,(H,24,29)(H,25,28)/t13-,14-,15-/m1/s1. The van der Waals surface area contributed by atoms with E-state index in [-0.39, 0.29) is 28.1 Å². The third kappa shape index (κ3) is 5.81.